The summed E-state index contributed by atoms with van der Waals surface area (Å²) in [5, 5.41) is 6.65. The summed E-state index contributed by atoms with van der Waals surface area (Å²) in [6.45, 7) is 4.39. The second-order valence-corrected chi connectivity index (χ2v) is 6.60. The van der Waals surface area contributed by atoms with Crippen molar-refractivity contribution in [2.45, 2.75) is 51.5 Å². The van der Waals surface area contributed by atoms with Gasteiger partial charge in [-0.05, 0) is 56.7 Å². The molecule has 0 radical (unpaired) electrons. The molecule has 2 aliphatic rings. The molecule has 1 amide bonds. The number of carbonyl (C=O) groups excluding carboxylic acids is 1. The van der Waals surface area contributed by atoms with Gasteiger partial charge in [0.05, 0.1) is 12.3 Å². The van der Waals surface area contributed by atoms with Gasteiger partial charge in [0.1, 0.15) is 5.76 Å². The normalized spacial score (nSPS) is 26.9. The molecule has 0 saturated carbocycles. The Bertz CT molecular complexity index is 477. The third-order valence-electron chi connectivity index (χ3n) is 5.03. The molecule has 1 aliphatic heterocycles. The van der Waals surface area contributed by atoms with E-state index in [2.05, 4.69) is 17.6 Å². The van der Waals surface area contributed by atoms with Crippen molar-refractivity contribution in [1.82, 2.24) is 10.6 Å². The Kier molecular flexibility index (Phi) is 4.63. The fraction of sp³-hybridized carbons (Fsp3) is 0.706. The molecule has 2 heterocycles. The highest BCUT2D eigenvalue weighted by Crippen LogP contribution is 2.31. The van der Waals surface area contributed by atoms with Crippen LogP contribution in [0.2, 0.25) is 0 Å². The topological polar surface area (TPSA) is 54.3 Å². The maximum Gasteiger partial charge on any atom is 0.220 e. The molecule has 1 aliphatic carbocycles. The molecule has 21 heavy (non-hydrogen) atoms. The van der Waals surface area contributed by atoms with Crippen LogP contribution in [0.3, 0.4) is 0 Å². The lowest BCUT2D eigenvalue weighted by Crippen LogP contribution is -2.36. The zero-order chi connectivity index (χ0) is 14.7. The average Bonchev–Trinajstić information content (AvgIpc) is 2.97. The van der Waals surface area contributed by atoms with Crippen LogP contribution in [0, 0.1) is 11.8 Å². The third-order valence-corrected chi connectivity index (χ3v) is 5.03. The Labute approximate surface area is 126 Å². The van der Waals surface area contributed by atoms with Crippen LogP contribution in [0.1, 0.15) is 56.4 Å². The summed E-state index contributed by atoms with van der Waals surface area (Å²) in [4.78, 5) is 12.3. The predicted molar refractivity (Wildman–Crippen MR) is 81.9 cm³/mol. The van der Waals surface area contributed by atoms with Crippen molar-refractivity contribution in [2.24, 2.45) is 11.8 Å². The Morgan fingerprint density at radius 1 is 1.48 bits per heavy atom. The molecule has 0 spiro atoms. The lowest BCUT2D eigenvalue weighted by atomic mass is 9.85. The number of fused-ring (bicyclic) bond motifs is 1. The maximum absolute atomic E-state index is 12.3. The molecule has 1 saturated heterocycles. The number of piperidine rings is 1. The molecule has 1 fully saturated rings. The average molecular weight is 290 g/mol. The van der Waals surface area contributed by atoms with Gasteiger partial charge in [0.15, 0.2) is 0 Å². The van der Waals surface area contributed by atoms with E-state index in [0.717, 1.165) is 38.1 Å². The summed E-state index contributed by atoms with van der Waals surface area (Å²) in [5.74, 6) is 2.33. The first kappa shape index (κ1) is 14.6. The van der Waals surface area contributed by atoms with Crippen molar-refractivity contribution in [1.29, 1.82) is 0 Å². The highest BCUT2D eigenvalue weighted by Gasteiger charge is 2.26. The Hall–Kier alpha value is -1.29. The predicted octanol–water partition coefficient (Wildman–Crippen LogP) is 2.80. The molecule has 3 rings (SSSR count). The van der Waals surface area contributed by atoms with Crippen LogP contribution >= 0.6 is 0 Å². The van der Waals surface area contributed by atoms with E-state index in [1.165, 1.54) is 18.4 Å². The van der Waals surface area contributed by atoms with Crippen LogP contribution in [0.4, 0.5) is 0 Å². The maximum atomic E-state index is 12.3. The first-order valence-corrected chi connectivity index (χ1v) is 8.30. The van der Waals surface area contributed by atoms with Crippen LogP contribution in [0.15, 0.2) is 16.7 Å². The number of hydrogen-bond donors (Lipinski definition) is 2. The molecule has 4 nitrogen and oxygen atoms in total. The molecule has 3 atom stereocenters. The molecule has 3 unspecified atom stereocenters. The first-order chi connectivity index (χ1) is 10.2. The molecule has 1 aromatic rings. The number of amides is 1. The fourth-order valence-electron chi connectivity index (χ4n) is 3.71. The SMILES string of the molecule is CC(CC(=O)NC1CCCc2occc21)C1CCCNC1. The summed E-state index contributed by atoms with van der Waals surface area (Å²) in [6.07, 6.45) is 7.97. The van der Waals surface area contributed by atoms with Crippen LogP contribution in [-0.2, 0) is 11.2 Å². The largest absolute Gasteiger partial charge is 0.469 e. The van der Waals surface area contributed by atoms with Crippen LogP contribution in [0.5, 0.6) is 0 Å². The van der Waals surface area contributed by atoms with Crippen molar-refractivity contribution in [3.05, 3.63) is 23.7 Å². The van der Waals surface area contributed by atoms with Crippen molar-refractivity contribution in [2.75, 3.05) is 13.1 Å². The molecular weight excluding hydrogens is 264 g/mol. The van der Waals surface area contributed by atoms with Crippen LogP contribution in [0.25, 0.3) is 0 Å². The number of carbonyl (C=O) groups is 1. The first-order valence-electron chi connectivity index (χ1n) is 8.30. The minimum Gasteiger partial charge on any atom is -0.469 e. The quantitative estimate of drug-likeness (QED) is 0.896. The summed E-state index contributed by atoms with van der Waals surface area (Å²) < 4.78 is 5.48. The van der Waals surface area contributed by atoms with Gasteiger partial charge in [-0.2, -0.15) is 0 Å². The smallest absolute Gasteiger partial charge is 0.220 e. The van der Waals surface area contributed by atoms with E-state index < -0.39 is 0 Å². The van der Waals surface area contributed by atoms with E-state index in [4.69, 9.17) is 4.42 Å². The van der Waals surface area contributed by atoms with Gasteiger partial charge in [0.2, 0.25) is 5.91 Å². The highest BCUT2D eigenvalue weighted by molar-refractivity contribution is 5.76. The number of nitrogens with one attached hydrogen (secondary N) is 2. The second kappa shape index (κ2) is 6.65. The van der Waals surface area contributed by atoms with Crippen molar-refractivity contribution in [3.8, 4) is 0 Å². The van der Waals surface area contributed by atoms with Gasteiger partial charge in [0.25, 0.3) is 0 Å². The number of aryl methyl sites for hydroxylation is 1. The second-order valence-electron chi connectivity index (χ2n) is 6.60. The van der Waals surface area contributed by atoms with Gasteiger partial charge in [0, 0.05) is 18.4 Å². The summed E-state index contributed by atoms with van der Waals surface area (Å²) in [5.41, 5.74) is 1.18. The standard InChI is InChI=1S/C17H26N2O2/c1-12(13-4-3-8-18-11-13)10-17(20)19-15-5-2-6-16-14(15)7-9-21-16/h7,9,12-13,15,18H,2-6,8,10-11H2,1H3,(H,19,20). The monoisotopic (exact) mass is 290 g/mol. The van der Waals surface area contributed by atoms with Gasteiger partial charge < -0.3 is 15.1 Å². The minimum absolute atomic E-state index is 0.150. The third kappa shape index (κ3) is 3.49. The van der Waals surface area contributed by atoms with Gasteiger partial charge >= 0.3 is 0 Å². The van der Waals surface area contributed by atoms with Crippen LogP contribution < -0.4 is 10.6 Å². The van der Waals surface area contributed by atoms with Gasteiger partial charge in [-0.25, -0.2) is 0 Å². The van der Waals surface area contributed by atoms with Crippen molar-refractivity contribution < 1.29 is 9.21 Å². The molecular formula is C17H26N2O2. The molecule has 4 heteroatoms. The van der Waals surface area contributed by atoms with E-state index in [9.17, 15) is 4.79 Å². The molecule has 0 aromatic carbocycles. The Balaban J connectivity index is 1.53. The lowest BCUT2D eigenvalue weighted by molar-refractivity contribution is -0.123. The molecule has 116 valence electrons. The van der Waals surface area contributed by atoms with E-state index >= 15 is 0 Å². The van der Waals surface area contributed by atoms with E-state index in [0.29, 0.717) is 18.3 Å². The number of hydrogen-bond acceptors (Lipinski definition) is 3. The molecule has 2 N–H and O–H groups in total. The highest BCUT2D eigenvalue weighted by atomic mass is 16.3. The number of furan rings is 1. The fourth-order valence-corrected chi connectivity index (χ4v) is 3.71. The number of rotatable bonds is 4. The Morgan fingerprint density at radius 3 is 3.19 bits per heavy atom. The van der Waals surface area contributed by atoms with Crippen molar-refractivity contribution in [3.63, 3.8) is 0 Å². The van der Waals surface area contributed by atoms with E-state index in [-0.39, 0.29) is 11.9 Å². The summed E-state index contributed by atoms with van der Waals surface area (Å²) >= 11 is 0. The van der Waals surface area contributed by atoms with Gasteiger partial charge in [-0.3, -0.25) is 4.79 Å². The zero-order valence-electron chi connectivity index (χ0n) is 12.9. The summed E-state index contributed by atoms with van der Waals surface area (Å²) in [6, 6.07) is 2.16. The Morgan fingerprint density at radius 2 is 2.38 bits per heavy atom. The van der Waals surface area contributed by atoms with Gasteiger partial charge in [-0.1, -0.05) is 6.92 Å². The minimum atomic E-state index is 0.150. The van der Waals surface area contributed by atoms with Gasteiger partial charge in [-0.15, -0.1) is 0 Å². The van der Waals surface area contributed by atoms with E-state index in [1.807, 2.05) is 6.07 Å². The lowest BCUT2D eigenvalue weighted by Gasteiger charge is -2.29. The van der Waals surface area contributed by atoms with Crippen LogP contribution in [-0.4, -0.2) is 19.0 Å². The van der Waals surface area contributed by atoms with E-state index in [1.54, 1.807) is 6.26 Å². The van der Waals surface area contributed by atoms with Crippen molar-refractivity contribution >= 4 is 5.91 Å². The molecule has 0 bridgehead atoms. The molecule has 1 aromatic heterocycles. The zero-order valence-corrected chi connectivity index (χ0v) is 12.9. The summed E-state index contributed by atoms with van der Waals surface area (Å²) in [7, 11) is 0.